The lowest BCUT2D eigenvalue weighted by Crippen LogP contribution is -2.28. The summed E-state index contributed by atoms with van der Waals surface area (Å²) in [4.78, 5) is 24.5. The molecule has 0 bridgehead atoms. The Morgan fingerprint density at radius 3 is 0.783 bits per heavy atom. The number of carbonyl (C=O) groups is 2. The molecule has 410 valence electrons. The molecule has 0 amide bonds. The quantitative estimate of drug-likeness (QED) is 0.0373. The average Bonchev–Trinajstić information content (AvgIpc) is 3.35. The van der Waals surface area contributed by atoms with Crippen LogP contribution in [0.25, 0.3) is 0 Å². The molecule has 5 heteroatoms. The predicted molar refractivity (Wildman–Crippen MR) is 302 cm³/mol. The van der Waals surface area contributed by atoms with Crippen LogP contribution in [0.15, 0.2) is 12.2 Å². The minimum atomic E-state index is -0.770. The summed E-state index contributed by atoms with van der Waals surface area (Å²) in [6.07, 6.45) is 76.7. The topological polar surface area (TPSA) is 72.8 Å². The Labute approximate surface area is 432 Å². The summed E-state index contributed by atoms with van der Waals surface area (Å²) in [5.41, 5.74) is 0. The fourth-order valence-corrected chi connectivity index (χ4v) is 10.0. The molecule has 0 saturated carbocycles. The Morgan fingerprint density at radius 2 is 0.536 bits per heavy atom. The van der Waals surface area contributed by atoms with Crippen LogP contribution in [0.5, 0.6) is 0 Å². The molecule has 0 aromatic heterocycles. The molecule has 0 aliphatic heterocycles. The van der Waals surface area contributed by atoms with Crippen molar-refractivity contribution < 1.29 is 24.2 Å². The Hall–Kier alpha value is -1.36. The zero-order chi connectivity index (χ0) is 49.9. The maximum atomic E-state index is 12.3. The van der Waals surface area contributed by atoms with Gasteiger partial charge >= 0.3 is 11.9 Å². The van der Waals surface area contributed by atoms with Gasteiger partial charge in [0.05, 0.1) is 6.61 Å². The van der Waals surface area contributed by atoms with Gasteiger partial charge in [0.15, 0.2) is 6.10 Å². The SMILES string of the molecule is CCCCCCCCC/C=C\CCCCCCCCCC(=O)OC(CO)COC(=O)CCCCCCCCCCCCCCCCCCCCCCCCCCCCCCCCCCCCCCC. The summed E-state index contributed by atoms with van der Waals surface area (Å²) in [6.45, 7) is 4.19. The molecule has 0 saturated heterocycles. The van der Waals surface area contributed by atoms with Crippen molar-refractivity contribution in [3.63, 3.8) is 0 Å². The summed E-state index contributed by atoms with van der Waals surface area (Å²) in [5.74, 6) is -0.574. The highest BCUT2D eigenvalue weighted by Gasteiger charge is 2.16. The molecule has 0 fully saturated rings. The Bertz CT molecular complexity index is 1010. The molecule has 0 aromatic rings. The number of hydrogen-bond acceptors (Lipinski definition) is 5. The van der Waals surface area contributed by atoms with Crippen LogP contribution in [0.4, 0.5) is 0 Å². The van der Waals surface area contributed by atoms with Crippen LogP contribution in [0.3, 0.4) is 0 Å². The maximum absolute atomic E-state index is 12.3. The van der Waals surface area contributed by atoms with Gasteiger partial charge < -0.3 is 14.6 Å². The molecule has 0 aliphatic rings. The van der Waals surface area contributed by atoms with E-state index in [2.05, 4.69) is 26.0 Å². The van der Waals surface area contributed by atoms with Gasteiger partial charge in [-0.25, -0.2) is 0 Å². The smallest absolute Gasteiger partial charge is 0.306 e. The van der Waals surface area contributed by atoms with E-state index in [9.17, 15) is 14.7 Å². The van der Waals surface area contributed by atoms with Gasteiger partial charge in [0, 0.05) is 12.8 Å². The lowest BCUT2D eigenvalue weighted by atomic mass is 10.0. The number of carbonyl (C=O) groups excluding carboxylic acids is 2. The van der Waals surface area contributed by atoms with Crippen LogP contribution >= 0.6 is 0 Å². The molecular formula is C64H124O5. The molecular weight excluding hydrogens is 849 g/mol. The highest BCUT2D eigenvalue weighted by Crippen LogP contribution is 2.19. The van der Waals surface area contributed by atoms with Gasteiger partial charge in [-0.1, -0.05) is 328 Å². The third kappa shape index (κ3) is 59.1. The third-order valence-corrected chi connectivity index (χ3v) is 14.8. The molecule has 0 aromatic carbocycles. The van der Waals surface area contributed by atoms with E-state index in [-0.39, 0.29) is 25.2 Å². The first-order valence-electron chi connectivity index (χ1n) is 31.7. The number of hydrogen-bond donors (Lipinski definition) is 1. The number of unbranched alkanes of at least 4 members (excludes halogenated alkanes) is 50. The van der Waals surface area contributed by atoms with Gasteiger partial charge in [-0.3, -0.25) is 9.59 Å². The number of aliphatic hydroxyl groups is 1. The Kier molecular flexibility index (Phi) is 59.7. The Morgan fingerprint density at radius 1 is 0.319 bits per heavy atom. The maximum Gasteiger partial charge on any atom is 0.306 e. The highest BCUT2D eigenvalue weighted by atomic mass is 16.6. The van der Waals surface area contributed by atoms with Gasteiger partial charge in [-0.2, -0.15) is 0 Å². The number of aliphatic hydroxyl groups excluding tert-OH is 1. The van der Waals surface area contributed by atoms with Crippen molar-refractivity contribution >= 4 is 11.9 Å². The zero-order valence-electron chi connectivity index (χ0n) is 47.1. The molecule has 0 heterocycles. The van der Waals surface area contributed by atoms with Crippen molar-refractivity contribution in [3.05, 3.63) is 12.2 Å². The minimum absolute atomic E-state index is 0.0604. The number of esters is 2. The molecule has 1 N–H and O–H groups in total. The molecule has 69 heavy (non-hydrogen) atoms. The molecule has 1 atom stereocenters. The van der Waals surface area contributed by atoms with E-state index in [0.29, 0.717) is 12.8 Å². The van der Waals surface area contributed by atoms with E-state index < -0.39 is 6.10 Å². The zero-order valence-corrected chi connectivity index (χ0v) is 47.1. The monoisotopic (exact) mass is 973 g/mol. The van der Waals surface area contributed by atoms with Crippen molar-refractivity contribution in [2.24, 2.45) is 0 Å². The van der Waals surface area contributed by atoms with Crippen LogP contribution in [-0.2, 0) is 19.1 Å². The first-order chi connectivity index (χ1) is 34.1. The molecule has 0 spiro atoms. The van der Waals surface area contributed by atoms with E-state index in [1.807, 2.05) is 0 Å². The van der Waals surface area contributed by atoms with E-state index >= 15 is 0 Å². The fraction of sp³-hybridized carbons (Fsp3) is 0.938. The summed E-state index contributed by atoms with van der Waals surface area (Å²) in [5, 5.41) is 9.65. The fourth-order valence-electron chi connectivity index (χ4n) is 10.0. The normalized spacial score (nSPS) is 12.1. The van der Waals surface area contributed by atoms with Crippen LogP contribution in [0.2, 0.25) is 0 Å². The van der Waals surface area contributed by atoms with Crippen LogP contribution < -0.4 is 0 Å². The second-order valence-electron chi connectivity index (χ2n) is 21.9. The second kappa shape index (κ2) is 60.9. The van der Waals surface area contributed by atoms with Crippen LogP contribution in [0.1, 0.15) is 367 Å². The van der Waals surface area contributed by atoms with Gasteiger partial charge in [0.1, 0.15) is 6.61 Å². The van der Waals surface area contributed by atoms with Crippen LogP contribution in [0, 0.1) is 0 Å². The average molecular weight is 974 g/mol. The molecule has 5 nitrogen and oxygen atoms in total. The van der Waals surface area contributed by atoms with Gasteiger partial charge in [-0.15, -0.1) is 0 Å². The van der Waals surface area contributed by atoms with Crippen molar-refractivity contribution in [2.45, 2.75) is 373 Å². The van der Waals surface area contributed by atoms with Crippen molar-refractivity contribution in [3.8, 4) is 0 Å². The molecule has 1 unspecified atom stereocenters. The Balaban J connectivity index is 3.35. The number of ether oxygens (including phenoxy) is 2. The highest BCUT2D eigenvalue weighted by molar-refractivity contribution is 5.70. The van der Waals surface area contributed by atoms with Crippen LogP contribution in [-0.4, -0.2) is 36.4 Å². The van der Waals surface area contributed by atoms with Crippen molar-refractivity contribution in [1.29, 1.82) is 0 Å². The van der Waals surface area contributed by atoms with E-state index in [0.717, 1.165) is 32.1 Å². The van der Waals surface area contributed by atoms with Crippen molar-refractivity contribution in [2.75, 3.05) is 13.2 Å². The number of allylic oxidation sites excluding steroid dienone is 2. The van der Waals surface area contributed by atoms with Gasteiger partial charge in [0.25, 0.3) is 0 Å². The third-order valence-electron chi connectivity index (χ3n) is 14.8. The summed E-state index contributed by atoms with van der Waals surface area (Å²) < 4.78 is 10.7. The molecule has 0 radical (unpaired) electrons. The largest absolute Gasteiger partial charge is 0.462 e. The second-order valence-corrected chi connectivity index (χ2v) is 21.9. The summed E-state index contributed by atoms with van der Waals surface area (Å²) >= 11 is 0. The van der Waals surface area contributed by atoms with E-state index in [1.54, 1.807) is 0 Å². The van der Waals surface area contributed by atoms with E-state index in [4.69, 9.17) is 9.47 Å². The first kappa shape index (κ1) is 67.6. The summed E-state index contributed by atoms with van der Waals surface area (Å²) in [7, 11) is 0. The van der Waals surface area contributed by atoms with E-state index in [1.165, 1.54) is 308 Å². The van der Waals surface area contributed by atoms with Crippen molar-refractivity contribution in [1.82, 2.24) is 0 Å². The lowest BCUT2D eigenvalue weighted by molar-refractivity contribution is -0.161. The standard InChI is InChI=1S/C64H124O5/c1-3-5-7-9-11-13-15-17-19-21-23-24-25-26-27-28-29-30-31-32-33-34-35-36-37-38-39-40-41-43-44-46-48-50-52-54-56-58-63(66)68-61-62(60-65)69-64(67)59-57-55-53-51-49-47-45-42-22-20-18-16-14-12-10-8-6-4-2/h20,22,62,65H,3-19,21,23-61H2,1-2H3/b22-20-. The minimum Gasteiger partial charge on any atom is -0.462 e. The van der Waals surface area contributed by atoms with Gasteiger partial charge in [0.2, 0.25) is 0 Å². The van der Waals surface area contributed by atoms with Gasteiger partial charge in [-0.05, 0) is 38.5 Å². The number of rotatable bonds is 60. The first-order valence-corrected chi connectivity index (χ1v) is 31.7. The molecule has 0 aliphatic carbocycles. The summed E-state index contributed by atoms with van der Waals surface area (Å²) in [6, 6.07) is 0. The molecule has 0 rings (SSSR count). The lowest BCUT2D eigenvalue weighted by Gasteiger charge is -2.15. The predicted octanol–water partition coefficient (Wildman–Crippen LogP) is 21.5.